The van der Waals surface area contributed by atoms with Crippen LogP contribution in [-0.4, -0.2) is 57.7 Å². The number of phenols is 4. The molecule has 0 bridgehead atoms. The van der Waals surface area contributed by atoms with Gasteiger partial charge >= 0.3 is 0 Å². The summed E-state index contributed by atoms with van der Waals surface area (Å²) >= 11 is 0. The average molecular weight is 764 g/mol. The summed E-state index contributed by atoms with van der Waals surface area (Å²) in [4.78, 5) is 16.7. The van der Waals surface area contributed by atoms with Crippen LogP contribution in [0.2, 0.25) is 0 Å². The van der Waals surface area contributed by atoms with E-state index < -0.39 is 0 Å². The van der Waals surface area contributed by atoms with Crippen molar-refractivity contribution < 1.29 is 20.4 Å². The van der Waals surface area contributed by atoms with Crippen LogP contribution in [0.5, 0.6) is 23.0 Å². The fraction of sp³-hybridized carbons (Fsp3) is 0.0909. The van der Waals surface area contributed by atoms with Gasteiger partial charge < -0.3 is 20.4 Å². The number of nitriles is 4. The van der Waals surface area contributed by atoms with Gasteiger partial charge in [0.1, 0.15) is 45.1 Å². The standard InChI is InChI=1S/4C11H8N2O.Al/c4*1-7-2-4-9-8(6-12)3-5-10(14)11(9)13-7;/h4*2-5,14H,1H3;. The molecule has 8 aromatic rings. The SMILES string of the molecule is Cc1ccc2c(C#N)ccc(O)c2n1.Cc1ccc2c(C#N)ccc(O)c2n1.Cc1ccc2c(C#N)ccc(O)c2n1.Cc1ccc2c(C#N)ccc(O)c2n1.[Al]. The van der Waals surface area contributed by atoms with E-state index in [0.29, 0.717) is 65.9 Å². The average Bonchev–Trinajstić information content (AvgIpc) is 3.20. The van der Waals surface area contributed by atoms with Crippen molar-refractivity contribution in [1.29, 1.82) is 21.0 Å². The van der Waals surface area contributed by atoms with Crippen LogP contribution in [0.1, 0.15) is 45.0 Å². The number of fused-ring (bicyclic) bond motifs is 4. The Morgan fingerprint density at radius 1 is 0.333 bits per heavy atom. The Morgan fingerprint density at radius 2 is 0.526 bits per heavy atom. The fourth-order valence-corrected chi connectivity index (χ4v) is 5.59. The predicted molar refractivity (Wildman–Crippen MR) is 217 cm³/mol. The van der Waals surface area contributed by atoms with E-state index in [1.807, 2.05) is 52.0 Å². The number of aromatic nitrogens is 4. The van der Waals surface area contributed by atoms with Gasteiger partial charge in [0.25, 0.3) is 0 Å². The zero-order valence-electron chi connectivity index (χ0n) is 31.2. The van der Waals surface area contributed by atoms with Gasteiger partial charge in [0.05, 0.1) is 46.5 Å². The third-order valence-electron chi connectivity index (χ3n) is 8.38. The van der Waals surface area contributed by atoms with Gasteiger partial charge in [-0.15, -0.1) is 0 Å². The summed E-state index contributed by atoms with van der Waals surface area (Å²) in [5.74, 6) is 0.454. The van der Waals surface area contributed by atoms with Crippen LogP contribution in [0.25, 0.3) is 43.6 Å². The number of hydrogen-bond donors (Lipinski definition) is 4. The Labute approximate surface area is 338 Å². The van der Waals surface area contributed by atoms with Gasteiger partial charge in [-0.25, -0.2) is 19.9 Å². The molecule has 4 aromatic carbocycles. The minimum Gasteiger partial charge on any atom is -0.506 e. The highest BCUT2D eigenvalue weighted by Crippen LogP contribution is 2.28. The molecule has 0 aliphatic carbocycles. The first-order valence-electron chi connectivity index (χ1n) is 16.9. The van der Waals surface area contributed by atoms with Crippen molar-refractivity contribution in [1.82, 2.24) is 19.9 Å². The summed E-state index contributed by atoms with van der Waals surface area (Å²) in [6, 6.07) is 35.1. The molecule has 0 saturated heterocycles. The maximum atomic E-state index is 9.54. The van der Waals surface area contributed by atoms with Gasteiger partial charge in [-0.3, -0.25) is 0 Å². The molecule has 4 N–H and O–H groups in total. The molecule has 0 aliphatic heterocycles. The van der Waals surface area contributed by atoms with E-state index in [1.54, 1.807) is 48.5 Å². The third-order valence-corrected chi connectivity index (χ3v) is 8.38. The molecule has 0 saturated carbocycles. The van der Waals surface area contributed by atoms with Crippen molar-refractivity contribution in [3.8, 4) is 47.3 Å². The largest absolute Gasteiger partial charge is 0.506 e. The lowest BCUT2D eigenvalue weighted by molar-refractivity contribution is 0.479. The second kappa shape index (κ2) is 18.5. The predicted octanol–water partition coefficient (Wildman–Crippen LogP) is 8.10. The Bertz CT molecular complexity index is 2580. The van der Waals surface area contributed by atoms with Crippen LogP contribution in [0.3, 0.4) is 0 Å². The number of aryl methyl sites for hydroxylation is 4. The van der Waals surface area contributed by atoms with Crippen molar-refractivity contribution in [2.45, 2.75) is 27.7 Å². The van der Waals surface area contributed by atoms with Gasteiger partial charge in [0.2, 0.25) is 0 Å². The van der Waals surface area contributed by atoms with Crippen molar-refractivity contribution >= 4 is 61.0 Å². The number of phenolic OH excluding ortho intramolecular Hbond substituents is 4. The summed E-state index contributed by atoms with van der Waals surface area (Å²) in [5, 5.41) is 76.3. The fourth-order valence-electron chi connectivity index (χ4n) is 5.59. The molecule has 0 unspecified atom stereocenters. The molecule has 0 fully saturated rings. The summed E-state index contributed by atoms with van der Waals surface area (Å²) in [7, 11) is 0. The van der Waals surface area contributed by atoms with Crippen molar-refractivity contribution in [3.63, 3.8) is 0 Å². The lowest BCUT2D eigenvalue weighted by Crippen LogP contribution is -1.86. The summed E-state index contributed by atoms with van der Waals surface area (Å²) in [6.07, 6.45) is 0. The highest BCUT2D eigenvalue weighted by Gasteiger charge is 2.09. The van der Waals surface area contributed by atoms with Crippen LogP contribution in [0.15, 0.2) is 97.1 Å². The van der Waals surface area contributed by atoms with Crippen LogP contribution < -0.4 is 0 Å². The van der Waals surface area contributed by atoms with Crippen LogP contribution >= 0.6 is 0 Å². The Hall–Kier alpha value is -7.79. The first-order valence-corrected chi connectivity index (χ1v) is 16.9. The molecule has 0 spiro atoms. The Balaban J connectivity index is 0.000000167. The minimum atomic E-state index is 0. The topological polar surface area (TPSA) is 228 Å². The van der Waals surface area contributed by atoms with Crippen molar-refractivity contribution in [2.75, 3.05) is 0 Å². The summed E-state index contributed by atoms with van der Waals surface area (Å²) in [6.45, 7) is 7.38. The molecular formula is C44H32AlN8O4. The van der Waals surface area contributed by atoms with Gasteiger partial charge in [0, 0.05) is 61.7 Å². The number of pyridine rings is 4. The highest BCUT2D eigenvalue weighted by molar-refractivity contribution is 5.91. The molecule has 0 atom stereocenters. The molecule has 0 aliphatic rings. The van der Waals surface area contributed by atoms with Gasteiger partial charge in [0.15, 0.2) is 0 Å². The van der Waals surface area contributed by atoms with E-state index >= 15 is 0 Å². The molecule has 57 heavy (non-hydrogen) atoms. The minimum absolute atomic E-state index is 0. The van der Waals surface area contributed by atoms with E-state index in [9.17, 15) is 20.4 Å². The maximum Gasteiger partial charge on any atom is 0.141 e. The molecule has 12 nitrogen and oxygen atoms in total. The second-order valence-electron chi connectivity index (χ2n) is 12.4. The molecule has 4 aromatic heterocycles. The third kappa shape index (κ3) is 9.48. The first kappa shape index (κ1) is 42.0. The van der Waals surface area contributed by atoms with Gasteiger partial charge in [-0.05, 0) is 125 Å². The van der Waals surface area contributed by atoms with E-state index in [1.165, 1.54) is 24.3 Å². The summed E-state index contributed by atoms with van der Waals surface area (Å²) in [5.41, 5.74) is 7.38. The molecule has 3 radical (unpaired) electrons. The van der Waals surface area contributed by atoms with E-state index in [-0.39, 0.29) is 40.4 Å². The number of nitrogens with zero attached hydrogens (tertiary/aromatic N) is 8. The lowest BCUT2D eigenvalue weighted by atomic mass is 10.1. The Kier molecular flexibility index (Phi) is 13.6. The summed E-state index contributed by atoms with van der Waals surface area (Å²) < 4.78 is 0. The zero-order chi connectivity index (χ0) is 40.5. The van der Waals surface area contributed by atoms with E-state index in [2.05, 4.69) is 44.2 Å². The van der Waals surface area contributed by atoms with Crippen molar-refractivity contribution in [3.05, 3.63) is 142 Å². The van der Waals surface area contributed by atoms with E-state index in [4.69, 9.17) is 21.0 Å². The zero-order valence-corrected chi connectivity index (χ0v) is 32.3. The molecule has 13 heteroatoms. The molecule has 0 amide bonds. The van der Waals surface area contributed by atoms with E-state index in [0.717, 1.165) is 22.8 Å². The monoisotopic (exact) mass is 763 g/mol. The number of aromatic hydroxyl groups is 4. The number of hydrogen-bond acceptors (Lipinski definition) is 12. The van der Waals surface area contributed by atoms with Crippen LogP contribution in [-0.2, 0) is 0 Å². The van der Waals surface area contributed by atoms with Crippen LogP contribution in [0, 0.1) is 73.0 Å². The first-order chi connectivity index (χ1) is 26.9. The number of benzene rings is 4. The van der Waals surface area contributed by atoms with Gasteiger partial charge in [-0.2, -0.15) is 21.0 Å². The van der Waals surface area contributed by atoms with Gasteiger partial charge in [-0.1, -0.05) is 0 Å². The molecule has 8 rings (SSSR count). The molecular weight excluding hydrogens is 732 g/mol. The maximum absolute atomic E-state index is 9.54. The quantitative estimate of drug-likeness (QED) is 0.107. The van der Waals surface area contributed by atoms with Crippen LogP contribution in [0.4, 0.5) is 0 Å². The second-order valence-corrected chi connectivity index (χ2v) is 12.4. The lowest BCUT2D eigenvalue weighted by Gasteiger charge is -2.02. The van der Waals surface area contributed by atoms with Crippen molar-refractivity contribution in [2.24, 2.45) is 0 Å². The normalized spacial score (nSPS) is 9.82. The Morgan fingerprint density at radius 3 is 0.702 bits per heavy atom. The smallest absolute Gasteiger partial charge is 0.141 e. The molecule has 275 valence electrons. The number of rotatable bonds is 0. The highest BCUT2D eigenvalue weighted by atomic mass is 27.0. The molecule has 4 heterocycles.